The van der Waals surface area contributed by atoms with E-state index < -0.39 is 0 Å². The molecule has 1 atom stereocenters. The lowest BCUT2D eigenvalue weighted by Crippen LogP contribution is -2.02. The Morgan fingerprint density at radius 1 is 1.31 bits per heavy atom. The molecule has 3 heterocycles. The number of fused-ring (bicyclic) bond motifs is 1. The van der Waals surface area contributed by atoms with Crippen molar-refractivity contribution >= 4 is 17.4 Å². The molecule has 0 spiro atoms. The Bertz CT molecular complexity index is 498. The summed E-state index contributed by atoms with van der Waals surface area (Å²) < 4.78 is 2.15. The van der Waals surface area contributed by atoms with Gasteiger partial charge in [0, 0.05) is 17.6 Å². The van der Waals surface area contributed by atoms with Crippen LogP contribution in [0.3, 0.4) is 0 Å². The number of nitrogens with zero attached hydrogens (tertiary/aromatic N) is 2. The van der Waals surface area contributed by atoms with Crippen LogP contribution in [0.1, 0.15) is 35.8 Å². The Hall–Kier alpha value is -0.960. The van der Waals surface area contributed by atoms with Gasteiger partial charge < -0.3 is 4.40 Å². The SMILES string of the molecule is Cc1ccc2nc(C3CCCCS3)cn2c1. The minimum atomic E-state index is 0.619. The van der Waals surface area contributed by atoms with Gasteiger partial charge in [-0.3, -0.25) is 0 Å². The number of thioether (sulfide) groups is 1. The first-order chi connectivity index (χ1) is 7.83. The van der Waals surface area contributed by atoms with Crippen molar-refractivity contribution in [3.05, 3.63) is 35.8 Å². The molecule has 1 unspecified atom stereocenters. The summed E-state index contributed by atoms with van der Waals surface area (Å²) in [5, 5.41) is 0.619. The molecule has 84 valence electrons. The van der Waals surface area contributed by atoms with E-state index in [-0.39, 0.29) is 0 Å². The quantitative estimate of drug-likeness (QED) is 0.747. The van der Waals surface area contributed by atoms with Crippen LogP contribution in [0.25, 0.3) is 5.65 Å². The van der Waals surface area contributed by atoms with E-state index in [0.29, 0.717) is 5.25 Å². The zero-order chi connectivity index (χ0) is 11.0. The van der Waals surface area contributed by atoms with Crippen LogP contribution in [0.4, 0.5) is 0 Å². The van der Waals surface area contributed by atoms with E-state index in [1.807, 2.05) is 0 Å². The zero-order valence-electron chi connectivity index (χ0n) is 9.52. The fourth-order valence-corrected chi connectivity index (χ4v) is 3.52. The first-order valence-corrected chi connectivity index (χ1v) is 6.95. The van der Waals surface area contributed by atoms with Crippen LogP contribution in [0, 0.1) is 6.92 Å². The Morgan fingerprint density at radius 2 is 2.25 bits per heavy atom. The molecule has 2 aromatic rings. The van der Waals surface area contributed by atoms with Crippen molar-refractivity contribution in [1.29, 1.82) is 0 Å². The third-order valence-corrected chi connectivity index (χ3v) is 4.53. The molecular formula is C13H16N2S. The zero-order valence-corrected chi connectivity index (χ0v) is 10.3. The molecule has 0 N–H and O–H groups in total. The average Bonchev–Trinajstić information content (AvgIpc) is 2.73. The minimum absolute atomic E-state index is 0.619. The van der Waals surface area contributed by atoms with Crippen LogP contribution in [0.2, 0.25) is 0 Å². The average molecular weight is 232 g/mol. The fourth-order valence-electron chi connectivity index (χ4n) is 2.25. The van der Waals surface area contributed by atoms with E-state index in [0.717, 1.165) is 5.65 Å². The van der Waals surface area contributed by atoms with E-state index in [1.165, 1.54) is 36.3 Å². The van der Waals surface area contributed by atoms with Gasteiger partial charge in [-0.15, -0.1) is 0 Å². The lowest BCUT2D eigenvalue weighted by Gasteiger charge is -2.18. The van der Waals surface area contributed by atoms with Gasteiger partial charge in [-0.25, -0.2) is 4.98 Å². The molecule has 1 fully saturated rings. The van der Waals surface area contributed by atoms with Gasteiger partial charge in [0.05, 0.1) is 5.69 Å². The van der Waals surface area contributed by atoms with E-state index in [1.54, 1.807) is 0 Å². The molecular weight excluding hydrogens is 216 g/mol. The highest BCUT2D eigenvalue weighted by molar-refractivity contribution is 7.99. The van der Waals surface area contributed by atoms with Crippen molar-refractivity contribution in [3.8, 4) is 0 Å². The molecule has 0 amide bonds. The molecule has 1 aliphatic rings. The second-order valence-electron chi connectivity index (χ2n) is 4.49. The smallest absolute Gasteiger partial charge is 0.137 e. The third kappa shape index (κ3) is 1.84. The number of hydrogen-bond donors (Lipinski definition) is 0. The van der Waals surface area contributed by atoms with E-state index in [2.05, 4.69) is 47.6 Å². The second-order valence-corrected chi connectivity index (χ2v) is 5.80. The van der Waals surface area contributed by atoms with Crippen molar-refractivity contribution in [2.75, 3.05) is 5.75 Å². The fraction of sp³-hybridized carbons (Fsp3) is 0.462. The predicted octanol–water partition coefficient (Wildman–Crippen LogP) is 3.60. The van der Waals surface area contributed by atoms with Crippen LogP contribution in [0.15, 0.2) is 24.5 Å². The monoisotopic (exact) mass is 232 g/mol. The number of rotatable bonds is 1. The van der Waals surface area contributed by atoms with Crippen molar-refractivity contribution < 1.29 is 0 Å². The van der Waals surface area contributed by atoms with E-state index in [9.17, 15) is 0 Å². The molecule has 1 aliphatic heterocycles. The summed E-state index contributed by atoms with van der Waals surface area (Å²) in [5.41, 5.74) is 3.62. The van der Waals surface area contributed by atoms with Crippen LogP contribution in [0.5, 0.6) is 0 Å². The number of pyridine rings is 1. The molecule has 0 aliphatic carbocycles. The lowest BCUT2D eigenvalue weighted by atomic mass is 10.1. The van der Waals surface area contributed by atoms with Gasteiger partial charge in [0.1, 0.15) is 5.65 Å². The summed E-state index contributed by atoms with van der Waals surface area (Å²) in [4.78, 5) is 4.72. The summed E-state index contributed by atoms with van der Waals surface area (Å²) in [6.45, 7) is 2.12. The minimum Gasteiger partial charge on any atom is -0.307 e. The number of imidazole rings is 1. The third-order valence-electron chi connectivity index (χ3n) is 3.13. The maximum Gasteiger partial charge on any atom is 0.137 e. The maximum atomic E-state index is 4.72. The first kappa shape index (κ1) is 10.2. The highest BCUT2D eigenvalue weighted by Crippen LogP contribution is 2.37. The summed E-state index contributed by atoms with van der Waals surface area (Å²) in [5.74, 6) is 1.29. The lowest BCUT2D eigenvalue weighted by molar-refractivity contribution is 0.678. The van der Waals surface area contributed by atoms with Crippen molar-refractivity contribution in [1.82, 2.24) is 9.38 Å². The van der Waals surface area contributed by atoms with Crippen molar-refractivity contribution in [2.24, 2.45) is 0 Å². The van der Waals surface area contributed by atoms with Crippen LogP contribution in [-0.4, -0.2) is 15.1 Å². The summed E-state index contributed by atoms with van der Waals surface area (Å²) in [7, 11) is 0. The van der Waals surface area contributed by atoms with E-state index in [4.69, 9.17) is 4.98 Å². The van der Waals surface area contributed by atoms with Crippen molar-refractivity contribution in [3.63, 3.8) is 0 Å². The number of hydrogen-bond acceptors (Lipinski definition) is 2. The highest BCUT2D eigenvalue weighted by Gasteiger charge is 2.18. The van der Waals surface area contributed by atoms with Crippen LogP contribution in [-0.2, 0) is 0 Å². The molecule has 3 rings (SSSR count). The van der Waals surface area contributed by atoms with Gasteiger partial charge in [0.25, 0.3) is 0 Å². The molecule has 16 heavy (non-hydrogen) atoms. The molecule has 0 saturated carbocycles. The van der Waals surface area contributed by atoms with Gasteiger partial charge >= 0.3 is 0 Å². The van der Waals surface area contributed by atoms with Gasteiger partial charge in [-0.05, 0) is 37.1 Å². The molecule has 2 aromatic heterocycles. The highest BCUT2D eigenvalue weighted by atomic mass is 32.2. The number of aromatic nitrogens is 2. The number of aryl methyl sites for hydroxylation is 1. The second kappa shape index (κ2) is 4.13. The summed E-state index contributed by atoms with van der Waals surface area (Å²) in [6, 6.07) is 4.23. The van der Waals surface area contributed by atoms with E-state index >= 15 is 0 Å². The van der Waals surface area contributed by atoms with Crippen molar-refractivity contribution in [2.45, 2.75) is 31.4 Å². The molecule has 0 bridgehead atoms. The molecule has 1 saturated heterocycles. The first-order valence-electron chi connectivity index (χ1n) is 5.90. The molecule has 2 nitrogen and oxygen atoms in total. The summed E-state index contributed by atoms with van der Waals surface area (Å²) in [6.07, 6.45) is 8.36. The van der Waals surface area contributed by atoms with Crippen LogP contribution >= 0.6 is 11.8 Å². The van der Waals surface area contributed by atoms with Crippen LogP contribution < -0.4 is 0 Å². The van der Waals surface area contributed by atoms with Gasteiger partial charge in [-0.1, -0.05) is 12.5 Å². The molecule has 3 heteroatoms. The Kier molecular flexibility index (Phi) is 2.64. The molecule has 0 radical (unpaired) electrons. The summed E-state index contributed by atoms with van der Waals surface area (Å²) >= 11 is 2.06. The Balaban J connectivity index is 1.97. The normalized spacial score (nSPS) is 21.4. The topological polar surface area (TPSA) is 17.3 Å². The van der Waals surface area contributed by atoms with Gasteiger partial charge in [0.15, 0.2) is 0 Å². The largest absolute Gasteiger partial charge is 0.307 e. The Labute approximate surface area is 100 Å². The Morgan fingerprint density at radius 3 is 3.06 bits per heavy atom. The van der Waals surface area contributed by atoms with Gasteiger partial charge in [0.2, 0.25) is 0 Å². The predicted molar refractivity (Wildman–Crippen MR) is 69.0 cm³/mol. The maximum absolute atomic E-state index is 4.72. The molecule has 0 aromatic carbocycles. The standard InChI is InChI=1S/C13H16N2S/c1-10-5-6-13-14-11(9-15(13)8-10)12-4-2-3-7-16-12/h5-6,8-9,12H,2-4,7H2,1H3. The van der Waals surface area contributed by atoms with Gasteiger partial charge in [-0.2, -0.15) is 11.8 Å².